The van der Waals surface area contributed by atoms with Crippen LogP contribution in [-0.2, 0) is 16.2 Å². The summed E-state index contributed by atoms with van der Waals surface area (Å²) < 4.78 is 7.38. The minimum atomic E-state index is -0.0501. The molecule has 3 aliphatic carbocycles. The van der Waals surface area contributed by atoms with Crippen molar-refractivity contribution in [2.75, 3.05) is 0 Å². The van der Waals surface area contributed by atoms with Crippen molar-refractivity contribution in [1.82, 2.24) is 13.7 Å². The van der Waals surface area contributed by atoms with Crippen LogP contribution in [0.3, 0.4) is 0 Å². The molecule has 0 atom stereocenters. The van der Waals surface area contributed by atoms with Gasteiger partial charge in [-0.3, -0.25) is 0 Å². The van der Waals surface area contributed by atoms with Crippen LogP contribution in [0.25, 0.3) is 216 Å². The van der Waals surface area contributed by atoms with Crippen molar-refractivity contribution in [3.05, 3.63) is 525 Å². The Morgan fingerprint density at radius 1 is 0.145 bits per heavy atom. The second-order valence-electron chi connectivity index (χ2n) is 39.0. The van der Waals surface area contributed by atoms with E-state index in [1.807, 2.05) is 0 Å². The van der Waals surface area contributed by atoms with E-state index >= 15 is 0 Å². The molecule has 24 aromatic rings. The monoisotopic (exact) mass is 1760 g/mol. The summed E-state index contributed by atoms with van der Waals surface area (Å²) in [6, 6.07) is 180. The smallest absolute Gasteiger partial charge is 0.0622 e. The van der Waals surface area contributed by atoms with Crippen molar-refractivity contribution in [2.45, 2.75) is 57.8 Å². The standard InChI is InChI=1S/3C45H33N/c1-45(2)40-19-11-9-18-39(40)43-41(45)26-25-38-37-17-10-12-20-42(37)46(44(38)43)36-23-21-32(22-24-36)35-28-33(30-13-5-3-6-14-30)27-34(29-35)31-15-7-4-8-16-31;1-45(2)41-19-11-9-17-37(41)39-28-40-38-18-10-12-20-43(38)46(44(40)29-42(39)45)36-23-21-32(22-24-36)35-26-33(30-13-5-3-6-14-30)25-34(27-35)31-15-7-4-8-16-31;1-45(2)39-19-11-9-17-37(39)43-40(45)25-26-42-44(43)38-18-10-12-20-41(38)46(42)36-23-21-32(22-24-36)35-28-33(30-13-5-3-6-14-30)27-34(29-35)31-15-7-4-8-16-31/h3*3-29H,1-2H3. The highest BCUT2D eigenvalue weighted by molar-refractivity contribution is 6.19. The molecule has 654 valence electrons. The molecule has 3 nitrogen and oxygen atoms in total. The molecular weight excluding hydrogens is 1660 g/mol. The molecule has 0 saturated heterocycles. The van der Waals surface area contributed by atoms with Gasteiger partial charge in [-0.1, -0.05) is 406 Å². The number of aromatic nitrogens is 3. The maximum Gasteiger partial charge on any atom is 0.0622 e. The molecule has 0 amide bonds. The van der Waals surface area contributed by atoms with Crippen molar-refractivity contribution in [3.8, 4) is 151 Å². The lowest BCUT2D eigenvalue weighted by Crippen LogP contribution is -2.14. The lowest BCUT2D eigenvalue weighted by molar-refractivity contribution is 0.660. The first-order valence-electron chi connectivity index (χ1n) is 48.3. The van der Waals surface area contributed by atoms with Crippen LogP contribution in [0.1, 0.15) is 74.9 Å². The SMILES string of the molecule is CC1(C)c2ccccc2-c2c1ccc1c2c2ccccc2n1-c1ccc(-c2cc(-c3ccccc3)cc(-c3ccccc3)c2)cc1.CC1(C)c2ccccc2-c2c1ccc1c3ccccc3n(-c3ccc(-c4cc(-c5ccccc5)cc(-c5ccccc5)c4)cc3)c21.CC1(C)c2ccccc2-c2cc3c4ccccc4n(-c4ccc(-c5cc(-c6ccccc6)cc(-c6ccccc6)c5)cc4)c3cc21. The Morgan fingerprint density at radius 3 is 0.819 bits per heavy atom. The number of hydrogen-bond donors (Lipinski definition) is 0. The van der Waals surface area contributed by atoms with Gasteiger partial charge < -0.3 is 13.7 Å². The molecule has 3 aliphatic rings. The fraction of sp³-hybridized carbons (Fsp3) is 0.0667. The fourth-order valence-corrected chi connectivity index (χ4v) is 23.1. The molecule has 0 spiro atoms. The molecule has 138 heavy (non-hydrogen) atoms. The molecule has 0 fully saturated rings. The average molecular weight is 1760 g/mol. The van der Waals surface area contributed by atoms with Crippen molar-refractivity contribution in [1.29, 1.82) is 0 Å². The lowest BCUT2D eigenvalue weighted by Gasteiger charge is -2.21. The summed E-state index contributed by atoms with van der Waals surface area (Å²) in [6.45, 7) is 14.2. The third kappa shape index (κ3) is 13.9. The van der Waals surface area contributed by atoms with Crippen LogP contribution in [0.15, 0.2) is 491 Å². The van der Waals surface area contributed by atoms with E-state index in [1.165, 1.54) is 249 Å². The summed E-state index contributed by atoms with van der Waals surface area (Å²) in [4.78, 5) is 0. The van der Waals surface area contributed by atoms with Crippen LogP contribution in [0.5, 0.6) is 0 Å². The van der Waals surface area contributed by atoms with Gasteiger partial charge in [0.1, 0.15) is 0 Å². The third-order valence-corrected chi connectivity index (χ3v) is 30.0. The van der Waals surface area contributed by atoms with Gasteiger partial charge in [-0.05, 0) is 289 Å². The van der Waals surface area contributed by atoms with Crippen molar-refractivity contribution < 1.29 is 0 Å². The molecule has 0 N–H and O–H groups in total. The number of nitrogens with zero attached hydrogens (tertiary/aromatic N) is 3. The highest BCUT2D eigenvalue weighted by Gasteiger charge is 2.41. The van der Waals surface area contributed by atoms with Crippen LogP contribution in [0.4, 0.5) is 0 Å². The summed E-state index contributed by atoms with van der Waals surface area (Å²) in [7, 11) is 0. The summed E-state index contributed by atoms with van der Waals surface area (Å²) >= 11 is 0. The van der Waals surface area contributed by atoms with Crippen LogP contribution >= 0.6 is 0 Å². The van der Waals surface area contributed by atoms with Gasteiger partial charge in [-0.25, -0.2) is 0 Å². The van der Waals surface area contributed by atoms with Crippen LogP contribution in [-0.4, -0.2) is 13.7 Å². The second kappa shape index (κ2) is 33.3. The lowest BCUT2D eigenvalue weighted by atomic mass is 9.82. The molecule has 0 saturated carbocycles. The second-order valence-corrected chi connectivity index (χ2v) is 39.0. The molecule has 0 bridgehead atoms. The number of para-hydroxylation sites is 3. The van der Waals surface area contributed by atoms with E-state index in [0.29, 0.717) is 0 Å². The largest absolute Gasteiger partial charge is 0.309 e. The van der Waals surface area contributed by atoms with Gasteiger partial charge in [0, 0.05) is 71.2 Å². The van der Waals surface area contributed by atoms with Gasteiger partial charge in [0.25, 0.3) is 0 Å². The van der Waals surface area contributed by atoms with Crippen LogP contribution in [0.2, 0.25) is 0 Å². The number of rotatable bonds is 12. The van der Waals surface area contributed by atoms with Gasteiger partial charge in [0.2, 0.25) is 0 Å². The molecule has 27 rings (SSSR count). The van der Waals surface area contributed by atoms with Crippen LogP contribution < -0.4 is 0 Å². The maximum atomic E-state index is 2.49. The van der Waals surface area contributed by atoms with E-state index in [-0.39, 0.29) is 16.2 Å². The quantitative estimate of drug-likeness (QED) is 0.116. The molecular formula is C135H99N3. The normalized spacial score (nSPS) is 13.2. The molecule has 0 unspecified atom stereocenters. The van der Waals surface area contributed by atoms with Gasteiger partial charge in [-0.15, -0.1) is 0 Å². The van der Waals surface area contributed by atoms with E-state index in [9.17, 15) is 0 Å². The number of benzene rings is 21. The first kappa shape index (κ1) is 82.9. The topological polar surface area (TPSA) is 14.8 Å². The Hall–Kier alpha value is -17.0. The Morgan fingerprint density at radius 2 is 0.420 bits per heavy atom. The van der Waals surface area contributed by atoms with Crippen molar-refractivity contribution in [3.63, 3.8) is 0 Å². The molecule has 0 radical (unpaired) electrons. The average Bonchev–Trinajstić information content (AvgIpc) is 1.54. The predicted molar refractivity (Wildman–Crippen MR) is 584 cm³/mol. The zero-order valence-electron chi connectivity index (χ0n) is 78.1. The van der Waals surface area contributed by atoms with Gasteiger partial charge in [0.15, 0.2) is 0 Å². The summed E-state index contributed by atoms with van der Waals surface area (Å²) in [5, 5.41) is 7.82. The van der Waals surface area contributed by atoms with E-state index < -0.39 is 0 Å². The minimum absolute atomic E-state index is 0.0299. The molecule has 21 aromatic carbocycles. The first-order valence-corrected chi connectivity index (χ1v) is 48.3. The van der Waals surface area contributed by atoms with Crippen LogP contribution in [0, 0.1) is 0 Å². The summed E-state index contributed by atoms with van der Waals surface area (Å²) in [6.07, 6.45) is 0. The van der Waals surface area contributed by atoms with E-state index in [0.717, 1.165) is 0 Å². The predicted octanol–water partition coefficient (Wildman–Crippen LogP) is 36.3. The van der Waals surface area contributed by atoms with Crippen molar-refractivity contribution in [2.24, 2.45) is 0 Å². The van der Waals surface area contributed by atoms with Gasteiger partial charge >= 0.3 is 0 Å². The Balaban J connectivity index is 0.000000110. The maximum absolute atomic E-state index is 2.49. The minimum Gasteiger partial charge on any atom is -0.309 e. The highest BCUT2D eigenvalue weighted by Crippen LogP contribution is 2.57. The zero-order chi connectivity index (χ0) is 92.5. The Bertz CT molecular complexity index is 8680. The van der Waals surface area contributed by atoms with Gasteiger partial charge in [-0.2, -0.15) is 0 Å². The Labute approximate surface area is 806 Å². The van der Waals surface area contributed by atoms with E-state index in [2.05, 4.69) is 547 Å². The zero-order valence-corrected chi connectivity index (χ0v) is 78.1. The molecule has 3 aromatic heterocycles. The number of fused-ring (bicyclic) bond motifs is 20. The highest BCUT2D eigenvalue weighted by atomic mass is 15.0. The number of hydrogen-bond acceptors (Lipinski definition) is 0. The first-order chi connectivity index (χ1) is 67.7. The molecule has 0 aliphatic heterocycles. The Kier molecular flexibility index (Phi) is 20.0. The summed E-state index contributed by atoms with van der Waals surface area (Å²) in [5.41, 5.74) is 49.4. The van der Waals surface area contributed by atoms with Gasteiger partial charge in [0.05, 0.1) is 33.1 Å². The molecule has 3 heteroatoms. The molecule has 3 heterocycles. The fourth-order valence-electron chi connectivity index (χ4n) is 23.1. The summed E-state index contributed by atoms with van der Waals surface area (Å²) in [5.74, 6) is 0. The van der Waals surface area contributed by atoms with Crippen molar-refractivity contribution >= 4 is 65.4 Å². The third-order valence-electron chi connectivity index (χ3n) is 30.0. The van der Waals surface area contributed by atoms with E-state index in [4.69, 9.17) is 0 Å². The van der Waals surface area contributed by atoms with E-state index in [1.54, 1.807) is 0 Å².